The first-order chi connectivity index (χ1) is 23.8. The summed E-state index contributed by atoms with van der Waals surface area (Å²) in [5.74, 6) is -3.62. The highest BCUT2D eigenvalue weighted by Gasteiger charge is 2.38. The third-order valence-electron chi connectivity index (χ3n) is 9.51. The number of amides is 4. The van der Waals surface area contributed by atoms with Gasteiger partial charge in [0.25, 0.3) is 5.91 Å². The molecule has 15 nitrogen and oxygen atoms in total. The minimum atomic E-state index is -4.34. The Balaban J connectivity index is 0.997. The van der Waals surface area contributed by atoms with Gasteiger partial charge in [0.1, 0.15) is 24.0 Å². The monoisotopic (exact) mass is 707 g/mol. The van der Waals surface area contributed by atoms with Crippen LogP contribution < -0.4 is 30.3 Å². The number of aryl methyl sites for hydroxylation is 2. The summed E-state index contributed by atoms with van der Waals surface area (Å²) in [4.78, 5) is 64.3. The Labute approximate surface area is 284 Å². The van der Waals surface area contributed by atoms with E-state index < -0.39 is 51.9 Å². The fourth-order valence-electron chi connectivity index (χ4n) is 7.22. The number of aromatic nitrogens is 2. The number of nitrogens with one attached hydrogen (secondary N) is 3. The molecule has 2 saturated heterocycles. The van der Waals surface area contributed by atoms with Crippen LogP contribution in [0.1, 0.15) is 50.1 Å². The number of unbranched alkanes of at least 4 members (excludes halogenated alkanes) is 1. The summed E-state index contributed by atoms with van der Waals surface area (Å²) < 4.78 is 45.1. The summed E-state index contributed by atoms with van der Waals surface area (Å²) >= 11 is 0. The number of carbonyl (C=O) groups is 4. The van der Waals surface area contributed by atoms with Crippen LogP contribution in [-0.4, -0.2) is 65.9 Å². The van der Waals surface area contributed by atoms with E-state index in [2.05, 4.69) is 15.5 Å². The van der Waals surface area contributed by atoms with E-state index in [1.165, 1.54) is 28.8 Å². The molecule has 4 N–H and O–H groups in total. The Bertz CT molecular complexity index is 2300. The van der Waals surface area contributed by atoms with Gasteiger partial charge in [-0.1, -0.05) is 0 Å². The predicted octanol–water partition coefficient (Wildman–Crippen LogP) is 2.06. The molecule has 4 amide bonds. The molecule has 0 radical (unpaired) electrons. The first-order valence-corrected chi connectivity index (χ1v) is 17.7. The molecule has 3 aromatic carbocycles. The van der Waals surface area contributed by atoms with Crippen molar-refractivity contribution in [1.82, 2.24) is 19.2 Å². The molecule has 0 spiro atoms. The number of aromatic hydroxyl groups is 1. The second-order valence-electron chi connectivity index (χ2n) is 12.7. The molecule has 7 rings (SSSR count). The van der Waals surface area contributed by atoms with E-state index in [9.17, 15) is 37.5 Å². The number of carbonyl (C=O) groups excluding carboxylic acids is 4. The van der Waals surface area contributed by atoms with Crippen LogP contribution in [0.4, 0.5) is 21.5 Å². The van der Waals surface area contributed by atoms with Gasteiger partial charge in [-0.05, 0) is 73.9 Å². The molecule has 2 fully saturated rings. The third kappa shape index (κ3) is 5.70. The number of imidazole rings is 1. The minimum absolute atomic E-state index is 0.00274. The standard InChI is InChI=1S/C33H34FN7O8S/c1-38-30-21-5-4-14-39(22(21)9-10-23(30)41(33(38)47)24-11-12-27(44)36-32(24)46)13-3-2-6-26(43)35-19-7-8-20-18(15-19)16-25(42)31(29(20)34)40-17-28(45)37-50(40,48)49/h7-10,15-16,24,42H,2-6,11-14,17H2,1H3,(H,35,43)(H,37,45)(H,36,44,46)/t24-/m1/s1. The molecule has 4 heterocycles. The number of fused-ring (bicyclic) bond motifs is 4. The van der Waals surface area contributed by atoms with Crippen molar-refractivity contribution in [1.29, 1.82) is 0 Å². The summed E-state index contributed by atoms with van der Waals surface area (Å²) in [7, 11) is -2.65. The first-order valence-electron chi connectivity index (χ1n) is 16.2. The highest BCUT2D eigenvalue weighted by Crippen LogP contribution is 2.39. The maximum Gasteiger partial charge on any atom is 0.329 e. The number of hydrogen-bond donors (Lipinski definition) is 4. The molecule has 4 aromatic rings. The van der Waals surface area contributed by atoms with E-state index in [4.69, 9.17) is 0 Å². The molecular weight excluding hydrogens is 673 g/mol. The van der Waals surface area contributed by atoms with Crippen LogP contribution in [0.25, 0.3) is 21.8 Å². The molecule has 0 bridgehead atoms. The summed E-state index contributed by atoms with van der Waals surface area (Å²) in [6.45, 7) is 0.825. The number of piperidine rings is 1. The van der Waals surface area contributed by atoms with Crippen molar-refractivity contribution in [3.63, 3.8) is 0 Å². The normalized spacial score (nSPS) is 18.8. The van der Waals surface area contributed by atoms with Crippen molar-refractivity contribution in [3.8, 4) is 5.75 Å². The molecule has 3 aliphatic rings. The molecule has 262 valence electrons. The average molecular weight is 708 g/mol. The number of imide groups is 1. The Morgan fingerprint density at radius 3 is 2.60 bits per heavy atom. The maximum atomic E-state index is 15.4. The quantitative estimate of drug-likeness (QED) is 0.157. The number of hydrogen-bond acceptors (Lipinski definition) is 9. The van der Waals surface area contributed by atoms with Crippen LogP contribution in [0, 0.1) is 5.82 Å². The number of phenolic OH excluding ortho intramolecular Hbond substituents is 1. The Hall–Kier alpha value is -5.45. The van der Waals surface area contributed by atoms with Gasteiger partial charge in [-0.3, -0.25) is 33.6 Å². The van der Waals surface area contributed by atoms with Crippen molar-refractivity contribution in [2.45, 2.75) is 51.0 Å². The van der Waals surface area contributed by atoms with Gasteiger partial charge >= 0.3 is 15.9 Å². The molecule has 1 atom stereocenters. The van der Waals surface area contributed by atoms with Gasteiger partial charge in [-0.2, -0.15) is 8.42 Å². The number of phenols is 1. The van der Waals surface area contributed by atoms with E-state index >= 15 is 4.39 Å². The van der Waals surface area contributed by atoms with Crippen molar-refractivity contribution in [2.24, 2.45) is 7.05 Å². The van der Waals surface area contributed by atoms with E-state index in [1.54, 1.807) is 16.3 Å². The number of halogens is 1. The highest BCUT2D eigenvalue weighted by atomic mass is 32.2. The molecule has 0 aliphatic carbocycles. The molecular formula is C33H34FN7O8S. The van der Waals surface area contributed by atoms with Gasteiger partial charge in [0.15, 0.2) is 5.82 Å². The lowest BCUT2D eigenvalue weighted by molar-refractivity contribution is -0.135. The fourth-order valence-corrected chi connectivity index (χ4v) is 8.39. The average Bonchev–Trinajstić information content (AvgIpc) is 3.48. The van der Waals surface area contributed by atoms with Gasteiger partial charge in [-0.15, -0.1) is 0 Å². The topological polar surface area (TPSA) is 192 Å². The Kier molecular flexibility index (Phi) is 8.24. The predicted molar refractivity (Wildman–Crippen MR) is 182 cm³/mol. The lowest BCUT2D eigenvalue weighted by Crippen LogP contribution is -2.44. The summed E-state index contributed by atoms with van der Waals surface area (Å²) in [5.41, 5.74) is 2.88. The Morgan fingerprint density at radius 1 is 1.06 bits per heavy atom. The first kappa shape index (κ1) is 33.1. The minimum Gasteiger partial charge on any atom is -0.506 e. The van der Waals surface area contributed by atoms with Crippen LogP contribution >= 0.6 is 0 Å². The van der Waals surface area contributed by atoms with Crippen molar-refractivity contribution < 1.29 is 37.1 Å². The van der Waals surface area contributed by atoms with Crippen molar-refractivity contribution in [3.05, 3.63) is 58.3 Å². The fraction of sp³-hybridized carbons (Fsp3) is 0.364. The number of anilines is 3. The van der Waals surface area contributed by atoms with Gasteiger partial charge in [0, 0.05) is 55.3 Å². The van der Waals surface area contributed by atoms with Crippen LogP contribution in [0.5, 0.6) is 5.75 Å². The largest absolute Gasteiger partial charge is 0.506 e. The van der Waals surface area contributed by atoms with E-state index in [0.717, 1.165) is 36.2 Å². The number of nitrogens with zero attached hydrogens (tertiary/aromatic N) is 4. The van der Waals surface area contributed by atoms with E-state index in [-0.39, 0.29) is 47.5 Å². The van der Waals surface area contributed by atoms with Crippen molar-refractivity contribution in [2.75, 3.05) is 34.2 Å². The van der Waals surface area contributed by atoms with Crippen LogP contribution in [-0.2, 0) is 42.9 Å². The smallest absolute Gasteiger partial charge is 0.329 e. The summed E-state index contributed by atoms with van der Waals surface area (Å²) in [6.07, 6.45) is 3.56. The van der Waals surface area contributed by atoms with E-state index in [0.29, 0.717) is 34.9 Å². The Morgan fingerprint density at radius 2 is 1.86 bits per heavy atom. The molecule has 1 aromatic heterocycles. The number of rotatable bonds is 8. The summed E-state index contributed by atoms with van der Waals surface area (Å²) in [5, 5.41) is 15.8. The van der Waals surface area contributed by atoms with Crippen LogP contribution in [0.3, 0.4) is 0 Å². The third-order valence-corrected chi connectivity index (χ3v) is 10.9. The zero-order valence-corrected chi connectivity index (χ0v) is 27.8. The molecule has 0 unspecified atom stereocenters. The lowest BCUT2D eigenvalue weighted by atomic mass is 9.99. The molecule has 0 saturated carbocycles. The van der Waals surface area contributed by atoms with E-state index in [1.807, 2.05) is 12.1 Å². The van der Waals surface area contributed by atoms with Crippen LogP contribution in [0.2, 0.25) is 0 Å². The zero-order valence-electron chi connectivity index (χ0n) is 27.0. The second-order valence-corrected chi connectivity index (χ2v) is 14.3. The van der Waals surface area contributed by atoms with Crippen molar-refractivity contribution >= 4 is 72.7 Å². The maximum absolute atomic E-state index is 15.4. The molecule has 17 heteroatoms. The van der Waals surface area contributed by atoms with Gasteiger partial charge in [-0.25, -0.2) is 18.2 Å². The SMILES string of the molecule is Cn1c(=O)n([C@@H]2CCC(=O)NC2=O)c2ccc3c(c21)CCCN3CCCCC(=O)Nc1ccc2c(F)c(N3CC(=O)NS3(=O)=O)c(O)cc2c1. The van der Waals surface area contributed by atoms with Gasteiger partial charge in [0.05, 0.1) is 11.0 Å². The highest BCUT2D eigenvalue weighted by molar-refractivity contribution is 7.92. The summed E-state index contributed by atoms with van der Waals surface area (Å²) in [6, 6.07) is 8.54. The van der Waals surface area contributed by atoms with Gasteiger partial charge in [0.2, 0.25) is 17.7 Å². The number of benzene rings is 3. The molecule has 50 heavy (non-hydrogen) atoms. The zero-order chi connectivity index (χ0) is 35.5. The second kappa shape index (κ2) is 12.5. The van der Waals surface area contributed by atoms with Crippen LogP contribution in [0.15, 0.2) is 41.2 Å². The lowest BCUT2D eigenvalue weighted by Gasteiger charge is -2.32. The molecule has 3 aliphatic heterocycles. The van der Waals surface area contributed by atoms with Gasteiger partial charge < -0.3 is 15.3 Å².